The summed E-state index contributed by atoms with van der Waals surface area (Å²) in [5.41, 5.74) is 5.22. The average Bonchev–Trinajstić information content (AvgIpc) is 3.13. The maximum atomic E-state index is 14.2. The SMILES string of the molecule is Cc1ccccc1NC(=O)NN=Cc1ccc(N2CCCC2)cc1F. The van der Waals surface area contributed by atoms with E-state index in [2.05, 4.69) is 20.7 Å². The van der Waals surface area contributed by atoms with Crippen LogP contribution in [0.25, 0.3) is 0 Å². The molecule has 1 aliphatic rings. The maximum Gasteiger partial charge on any atom is 0.339 e. The van der Waals surface area contributed by atoms with E-state index in [9.17, 15) is 9.18 Å². The summed E-state index contributed by atoms with van der Waals surface area (Å²) >= 11 is 0. The first-order valence-electron chi connectivity index (χ1n) is 8.34. The van der Waals surface area contributed by atoms with Crippen LogP contribution in [0.4, 0.5) is 20.6 Å². The van der Waals surface area contributed by atoms with Gasteiger partial charge in [-0.05, 0) is 49.6 Å². The zero-order valence-electron chi connectivity index (χ0n) is 14.1. The Kier molecular flexibility index (Phi) is 5.28. The molecule has 1 heterocycles. The van der Waals surface area contributed by atoms with Gasteiger partial charge in [0.05, 0.1) is 6.21 Å². The predicted molar refractivity (Wildman–Crippen MR) is 98.8 cm³/mol. The van der Waals surface area contributed by atoms with Crippen molar-refractivity contribution in [3.63, 3.8) is 0 Å². The summed E-state index contributed by atoms with van der Waals surface area (Å²) < 4.78 is 14.2. The number of para-hydroxylation sites is 1. The van der Waals surface area contributed by atoms with Crippen LogP contribution < -0.4 is 15.6 Å². The van der Waals surface area contributed by atoms with Crippen LogP contribution in [0, 0.1) is 12.7 Å². The molecule has 2 aromatic rings. The molecule has 0 bridgehead atoms. The van der Waals surface area contributed by atoms with E-state index in [1.807, 2.05) is 31.2 Å². The van der Waals surface area contributed by atoms with Gasteiger partial charge in [-0.15, -0.1) is 0 Å². The fraction of sp³-hybridized carbons (Fsp3) is 0.263. The minimum Gasteiger partial charge on any atom is -0.371 e. The summed E-state index contributed by atoms with van der Waals surface area (Å²) in [5, 5.41) is 6.51. The summed E-state index contributed by atoms with van der Waals surface area (Å²) in [5.74, 6) is -0.353. The first-order chi connectivity index (χ1) is 12.1. The van der Waals surface area contributed by atoms with E-state index in [0.29, 0.717) is 11.3 Å². The van der Waals surface area contributed by atoms with Crippen molar-refractivity contribution in [3.05, 3.63) is 59.4 Å². The number of anilines is 2. The smallest absolute Gasteiger partial charge is 0.339 e. The van der Waals surface area contributed by atoms with Gasteiger partial charge in [-0.25, -0.2) is 14.6 Å². The number of nitrogens with zero attached hydrogens (tertiary/aromatic N) is 2. The molecule has 25 heavy (non-hydrogen) atoms. The predicted octanol–water partition coefficient (Wildman–Crippen LogP) is 3.89. The van der Waals surface area contributed by atoms with Crippen LogP contribution in [-0.2, 0) is 0 Å². The summed E-state index contributed by atoms with van der Waals surface area (Å²) in [6.07, 6.45) is 3.59. The molecule has 0 atom stereocenters. The first-order valence-corrected chi connectivity index (χ1v) is 8.34. The number of nitrogens with one attached hydrogen (secondary N) is 2. The zero-order chi connectivity index (χ0) is 17.6. The van der Waals surface area contributed by atoms with Crippen molar-refractivity contribution >= 4 is 23.6 Å². The third-order valence-electron chi connectivity index (χ3n) is 4.22. The molecular weight excluding hydrogens is 319 g/mol. The van der Waals surface area contributed by atoms with Crippen molar-refractivity contribution in [2.75, 3.05) is 23.3 Å². The fourth-order valence-corrected chi connectivity index (χ4v) is 2.82. The van der Waals surface area contributed by atoms with E-state index in [1.54, 1.807) is 12.1 Å². The van der Waals surface area contributed by atoms with E-state index in [-0.39, 0.29) is 5.82 Å². The van der Waals surface area contributed by atoms with Gasteiger partial charge in [-0.1, -0.05) is 18.2 Å². The van der Waals surface area contributed by atoms with Crippen molar-refractivity contribution in [2.45, 2.75) is 19.8 Å². The van der Waals surface area contributed by atoms with Crippen molar-refractivity contribution in [2.24, 2.45) is 5.10 Å². The number of hydrazone groups is 1. The number of hydrogen-bond donors (Lipinski definition) is 2. The monoisotopic (exact) mass is 340 g/mol. The van der Waals surface area contributed by atoms with Gasteiger partial charge in [-0.3, -0.25) is 0 Å². The molecule has 1 saturated heterocycles. The third-order valence-corrected chi connectivity index (χ3v) is 4.22. The van der Waals surface area contributed by atoms with Crippen LogP contribution in [0.1, 0.15) is 24.0 Å². The van der Waals surface area contributed by atoms with Gasteiger partial charge >= 0.3 is 6.03 Å². The second-order valence-electron chi connectivity index (χ2n) is 6.04. The number of urea groups is 1. The molecule has 6 heteroatoms. The van der Waals surface area contributed by atoms with Gasteiger partial charge in [0.15, 0.2) is 0 Å². The molecule has 0 radical (unpaired) electrons. The zero-order valence-corrected chi connectivity index (χ0v) is 14.1. The Labute approximate surface area is 146 Å². The summed E-state index contributed by atoms with van der Waals surface area (Å²) in [6, 6.07) is 12.0. The largest absolute Gasteiger partial charge is 0.371 e. The molecule has 2 amide bonds. The molecule has 0 spiro atoms. The van der Waals surface area contributed by atoms with E-state index < -0.39 is 6.03 Å². The number of carbonyl (C=O) groups is 1. The highest BCUT2D eigenvalue weighted by molar-refractivity contribution is 5.91. The highest BCUT2D eigenvalue weighted by Gasteiger charge is 2.13. The lowest BCUT2D eigenvalue weighted by Gasteiger charge is -2.17. The molecule has 5 nitrogen and oxygen atoms in total. The van der Waals surface area contributed by atoms with E-state index >= 15 is 0 Å². The number of aryl methyl sites for hydroxylation is 1. The number of rotatable bonds is 4. The number of benzene rings is 2. The van der Waals surface area contributed by atoms with Crippen molar-refractivity contribution < 1.29 is 9.18 Å². The van der Waals surface area contributed by atoms with E-state index in [0.717, 1.165) is 37.2 Å². The Bertz CT molecular complexity index is 785. The Balaban J connectivity index is 1.58. The topological polar surface area (TPSA) is 56.7 Å². The normalized spacial score (nSPS) is 14.1. The van der Waals surface area contributed by atoms with Crippen LogP contribution in [0.2, 0.25) is 0 Å². The second kappa shape index (κ2) is 7.79. The summed E-state index contributed by atoms with van der Waals surface area (Å²) in [6.45, 7) is 3.83. The highest BCUT2D eigenvalue weighted by atomic mass is 19.1. The highest BCUT2D eigenvalue weighted by Crippen LogP contribution is 2.22. The molecule has 130 valence electrons. The average molecular weight is 340 g/mol. The Hall–Kier alpha value is -2.89. The fourth-order valence-electron chi connectivity index (χ4n) is 2.82. The van der Waals surface area contributed by atoms with Gasteiger partial charge in [-0.2, -0.15) is 5.10 Å². The minimum atomic E-state index is -0.473. The maximum absolute atomic E-state index is 14.2. The first kappa shape index (κ1) is 17.0. The number of hydrogen-bond acceptors (Lipinski definition) is 3. The summed E-state index contributed by atoms with van der Waals surface area (Å²) in [7, 11) is 0. The molecule has 0 aliphatic carbocycles. The number of amides is 2. The van der Waals surface area contributed by atoms with Crippen LogP contribution in [0.15, 0.2) is 47.6 Å². The molecule has 1 fully saturated rings. The lowest BCUT2D eigenvalue weighted by Crippen LogP contribution is -2.24. The van der Waals surface area contributed by atoms with Crippen molar-refractivity contribution in [1.82, 2.24) is 5.43 Å². The molecule has 0 aromatic heterocycles. The van der Waals surface area contributed by atoms with Crippen molar-refractivity contribution in [3.8, 4) is 0 Å². The van der Waals surface area contributed by atoms with Gasteiger partial charge in [0, 0.05) is 30.0 Å². The Morgan fingerprint density at radius 3 is 2.68 bits per heavy atom. The standard InChI is InChI=1S/C19H21FN4O/c1-14-6-2-3-7-18(14)22-19(25)23-21-13-15-8-9-16(12-17(15)20)24-10-4-5-11-24/h2-3,6-9,12-13H,4-5,10-11H2,1H3,(H2,22,23,25). The van der Waals surface area contributed by atoms with Gasteiger partial charge in [0.1, 0.15) is 5.82 Å². The lowest BCUT2D eigenvalue weighted by atomic mass is 10.2. The van der Waals surface area contributed by atoms with E-state index in [1.165, 1.54) is 12.3 Å². The number of carbonyl (C=O) groups excluding carboxylic acids is 1. The molecule has 3 rings (SSSR count). The quantitative estimate of drug-likeness (QED) is 0.655. The number of halogens is 1. The molecule has 0 unspecified atom stereocenters. The molecule has 2 aromatic carbocycles. The molecular formula is C19H21FN4O. The second-order valence-corrected chi connectivity index (χ2v) is 6.04. The van der Waals surface area contributed by atoms with Crippen LogP contribution in [-0.4, -0.2) is 25.3 Å². The van der Waals surface area contributed by atoms with Crippen LogP contribution >= 0.6 is 0 Å². The van der Waals surface area contributed by atoms with Crippen molar-refractivity contribution in [1.29, 1.82) is 0 Å². The summed E-state index contributed by atoms with van der Waals surface area (Å²) in [4.78, 5) is 14.0. The van der Waals surface area contributed by atoms with Crippen LogP contribution in [0.3, 0.4) is 0 Å². The van der Waals surface area contributed by atoms with Gasteiger partial charge in [0.2, 0.25) is 0 Å². The van der Waals surface area contributed by atoms with Gasteiger partial charge in [0.25, 0.3) is 0 Å². The molecule has 1 aliphatic heterocycles. The van der Waals surface area contributed by atoms with Crippen LogP contribution in [0.5, 0.6) is 0 Å². The van der Waals surface area contributed by atoms with Gasteiger partial charge < -0.3 is 10.2 Å². The minimum absolute atomic E-state index is 0.333. The lowest BCUT2D eigenvalue weighted by molar-refractivity contribution is 0.252. The van der Waals surface area contributed by atoms with E-state index in [4.69, 9.17) is 0 Å². The molecule has 2 N–H and O–H groups in total. The Morgan fingerprint density at radius 2 is 1.96 bits per heavy atom. The Morgan fingerprint density at radius 1 is 1.20 bits per heavy atom. The molecule has 0 saturated carbocycles. The third kappa shape index (κ3) is 4.35.